The molecule has 0 aliphatic rings. The molecule has 1 rings (SSSR count). The molecule has 0 saturated heterocycles. The summed E-state index contributed by atoms with van der Waals surface area (Å²) in [7, 11) is 5.41. The molecule has 1 aromatic rings. The lowest BCUT2D eigenvalue weighted by Crippen LogP contribution is -2.35. The van der Waals surface area contributed by atoms with Crippen molar-refractivity contribution in [2.45, 2.75) is 33.6 Å². The van der Waals surface area contributed by atoms with E-state index in [4.69, 9.17) is 0 Å². The normalized spacial score (nSPS) is 10.4. The molecule has 0 fully saturated rings. The monoisotopic (exact) mass is 293 g/mol. The van der Waals surface area contributed by atoms with E-state index in [1.54, 1.807) is 19.0 Å². The molecule has 6 nitrogen and oxygen atoms in total. The molecule has 0 bridgehead atoms. The largest absolute Gasteiger partial charge is 0.370 e. The molecule has 0 radical (unpaired) electrons. The summed E-state index contributed by atoms with van der Waals surface area (Å²) in [6.07, 6.45) is 1.80. The van der Waals surface area contributed by atoms with Crippen molar-refractivity contribution in [3.8, 4) is 0 Å². The van der Waals surface area contributed by atoms with Crippen molar-refractivity contribution < 1.29 is 4.79 Å². The number of aryl methyl sites for hydroxylation is 1. The maximum atomic E-state index is 11.9. The minimum atomic E-state index is 0.0524. The van der Waals surface area contributed by atoms with Crippen molar-refractivity contribution >= 4 is 17.5 Å². The van der Waals surface area contributed by atoms with Gasteiger partial charge in [0.15, 0.2) is 0 Å². The molecule has 0 unspecified atom stereocenters. The molecular weight excluding hydrogens is 266 g/mol. The van der Waals surface area contributed by atoms with E-state index in [9.17, 15) is 4.79 Å². The first-order chi connectivity index (χ1) is 9.90. The van der Waals surface area contributed by atoms with E-state index >= 15 is 0 Å². The molecule has 1 heterocycles. The average Bonchev–Trinajstić information content (AvgIpc) is 2.45. The molecule has 118 valence electrons. The molecular formula is C15H27N5O. The summed E-state index contributed by atoms with van der Waals surface area (Å²) >= 11 is 0. The van der Waals surface area contributed by atoms with Crippen molar-refractivity contribution in [1.29, 1.82) is 0 Å². The quantitative estimate of drug-likeness (QED) is 0.829. The van der Waals surface area contributed by atoms with Crippen LogP contribution in [0.5, 0.6) is 0 Å². The molecule has 0 spiro atoms. The van der Waals surface area contributed by atoms with Gasteiger partial charge in [-0.15, -0.1) is 0 Å². The van der Waals surface area contributed by atoms with Gasteiger partial charge in [-0.2, -0.15) is 0 Å². The fourth-order valence-corrected chi connectivity index (χ4v) is 1.91. The fraction of sp³-hybridized carbons (Fsp3) is 0.667. The number of hydrogen-bond acceptors (Lipinski definition) is 5. The highest BCUT2D eigenvalue weighted by Crippen LogP contribution is 2.23. The van der Waals surface area contributed by atoms with Crippen LogP contribution in [-0.4, -0.2) is 55.0 Å². The third-order valence-electron chi connectivity index (χ3n) is 3.26. The summed E-state index contributed by atoms with van der Waals surface area (Å²) in [4.78, 5) is 24.5. The van der Waals surface area contributed by atoms with Crippen LogP contribution in [0.1, 0.15) is 31.7 Å². The summed E-state index contributed by atoms with van der Waals surface area (Å²) < 4.78 is 0. The van der Waals surface area contributed by atoms with Crippen LogP contribution < -0.4 is 10.2 Å². The van der Waals surface area contributed by atoms with Gasteiger partial charge in [0.2, 0.25) is 5.91 Å². The highest BCUT2D eigenvalue weighted by atomic mass is 16.2. The molecule has 0 aliphatic heterocycles. The summed E-state index contributed by atoms with van der Waals surface area (Å²) in [6, 6.07) is 0. The summed E-state index contributed by atoms with van der Waals surface area (Å²) in [6.45, 7) is 7.32. The van der Waals surface area contributed by atoms with Gasteiger partial charge in [-0.25, -0.2) is 9.97 Å². The Balaban J connectivity index is 3.06. The van der Waals surface area contributed by atoms with E-state index in [1.165, 1.54) is 0 Å². The Morgan fingerprint density at radius 3 is 2.38 bits per heavy atom. The Kier molecular flexibility index (Phi) is 6.39. The first kappa shape index (κ1) is 17.2. The van der Waals surface area contributed by atoms with Crippen LogP contribution in [0.15, 0.2) is 0 Å². The van der Waals surface area contributed by atoms with Crippen LogP contribution in [0.4, 0.5) is 11.6 Å². The number of anilines is 2. The van der Waals surface area contributed by atoms with E-state index in [-0.39, 0.29) is 5.91 Å². The Morgan fingerprint density at radius 1 is 1.19 bits per heavy atom. The minimum absolute atomic E-state index is 0.0524. The van der Waals surface area contributed by atoms with Crippen molar-refractivity contribution in [2.75, 3.05) is 44.4 Å². The second-order valence-corrected chi connectivity index (χ2v) is 5.36. The van der Waals surface area contributed by atoms with Gasteiger partial charge in [-0.1, -0.05) is 13.8 Å². The first-order valence-corrected chi connectivity index (χ1v) is 7.43. The molecule has 0 aliphatic carbocycles. The molecule has 1 amide bonds. The number of aromatic nitrogens is 2. The van der Waals surface area contributed by atoms with Crippen LogP contribution in [0.25, 0.3) is 0 Å². The van der Waals surface area contributed by atoms with Gasteiger partial charge in [-0.05, 0) is 13.3 Å². The third kappa shape index (κ3) is 4.58. The van der Waals surface area contributed by atoms with E-state index < -0.39 is 0 Å². The molecule has 0 aromatic carbocycles. The molecule has 0 atom stereocenters. The van der Waals surface area contributed by atoms with Crippen molar-refractivity contribution in [1.82, 2.24) is 14.9 Å². The zero-order chi connectivity index (χ0) is 16.0. The Labute approximate surface area is 127 Å². The van der Waals surface area contributed by atoms with Gasteiger partial charge in [0.25, 0.3) is 0 Å². The second-order valence-electron chi connectivity index (χ2n) is 5.36. The van der Waals surface area contributed by atoms with Gasteiger partial charge in [0.05, 0.1) is 6.54 Å². The van der Waals surface area contributed by atoms with Crippen LogP contribution in [0.2, 0.25) is 0 Å². The zero-order valence-electron chi connectivity index (χ0n) is 14.0. The second kappa shape index (κ2) is 7.81. The standard InChI is InChI=1S/C15H27N5O/c1-7-9-16-14-11(3)15(18-12(8-2)17-14)20(6)10-13(21)19(4)5/h7-10H2,1-6H3,(H,16,17,18). The number of nitrogens with zero attached hydrogens (tertiary/aromatic N) is 4. The number of nitrogens with one attached hydrogen (secondary N) is 1. The van der Waals surface area contributed by atoms with Crippen molar-refractivity contribution in [3.63, 3.8) is 0 Å². The van der Waals surface area contributed by atoms with E-state index in [0.29, 0.717) is 6.54 Å². The molecule has 21 heavy (non-hydrogen) atoms. The van der Waals surface area contributed by atoms with Crippen molar-refractivity contribution in [2.24, 2.45) is 0 Å². The summed E-state index contributed by atoms with van der Waals surface area (Å²) in [5.41, 5.74) is 0.981. The molecule has 1 aromatic heterocycles. The van der Waals surface area contributed by atoms with Gasteiger partial charge in [-0.3, -0.25) is 4.79 Å². The number of carbonyl (C=O) groups excluding carboxylic acids is 1. The lowest BCUT2D eigenvalue weighted by molar-refractivity contribution is -0.127. The fourth-order valence-electron chi connectivity index (χ4n) is 1.91. The highest BCUT2D eigenvalue weighted by Gasteiger charge is 2.16. The number of likely N-dealkylation sites (N-methyl/N-ethyl adjacent to an activating group) is 2. The predicted octanol–water partition coefficient (Wildman–Crippen LogP) is 1.69. The maximum absolute atomic E-state index is 11.9. The SMILES string of the molecule is CCCNc1nc(CC)nc(N(C)CC(=O)N(C)C)c1C. The molecule has 1 N–H and O–H groups in total. The van der Waals surface area contributed by atoms with Gasteiger partial charge in [0, 0.05) is 39.7 Å². The molecule has 6 heteroatoms. The highest BCUT2D eigenvalue weighted by molar-refractivity contribution is 5.81. The number of hydrogen-bond donors (Lipinski definition) is 1. The lowest BCUT2D eigenvalue weighted by Gasteiger charge is -2.23. The smallest absolute Gasteiger partial charge is 0.241 e. The van der Waals surface area contributed by atoms with Gasteiger partial charge in [0.1, 0.15) is 17.5 Å². The number of carbonyl (C=O) groups is 1. The summed E-state index contributed by atoms with van der Waals surface area (Å²) in [5, 5.41) is 3.34. The zero-order valence-corrected chi connectivity index (χ0v) is 14.0. The van der Waals surface area contributed by atoms with E-state index in [2.05, 4.69) is 22.2 Å². The Hall–Kier alpha value is -1.85. The number of amides is 1. The third-order valence-corrected chi connectivity index (χ3v) is 3.26. The van der Waals surface area contributed by atoms with E-state index in [0.717, 1.165) is 42.4 Å². The predicted molar refractivity (Wildman–Crippen MR) is 86.9 cm³/mol. The molecule has 0 saturated carbocycles. The van der Waals surface area contributed by atoms with Crippen LogP contribution in [0.3, 0.4) is 0 Å². The Morgan fingerprint density at radius 2 is 1.86 bits per heavy atom. The summed E-state index contributed by atoms with van der Waals surface area (Å²) in [5.74, 6) is 2.52. The van der Waals surface area contributed by atoms with Crippen LogP contribution in [-0.2, 0) is 11.2 Å². The lowest BCUT2D eigenvalue weighted by atomic mass is 10.2. The maximum Gasteiger partial charge on any atom is 0.241 e. The van der Waals surface area contributed by atoms with Gasteiger partial charge < -0.3 is 15.1 Å². The average molecular weight is 293 g/mol. The Bertz CT molecular complexity index is 487. The van der Waals surface area contributed by atoms with Crippen molar-refractivity contribution in [3.05, 3.63) is 11.4 Å². The first-order valence-electron chi connectivity index (χ1n) is 7.43. The number of rotatable bonds is 7. The minimum Gasteiger partial charge on any atom is -0.370 e. The van der Waals surface area contributed by atoms with Gasteiger partial charge >= 0.3 is 0 Å². The topological polar surface area (TPSA) is 61.4 Å². The van der Waals surface area contributed by atoms with E-state index in [1.807, 2.05) is 25.8 Å². The van der Waals surface area contributed by atoms with Crippen LogP contribution in [0, 0.1) is 6.92 Å². The van der Waals surface area contributed by atoms with Crippen LogP contribution >= 0.6 is 0 Å².